The fraction of sp³-hybridized carbons (Fsp3) is 0.444. The van der Waals surface area contributed by atoms with Gasteiger partial charge in [0, 0.05) is 12.1 Å². The Bertz CT molecular complexity index is 733. The van der Waals surface area contributed by atoms with E-state index in [4.69, 9.17) is 4.42 Å². The number of pyridine rings is 1. The molecule has 0 saturated carbocycles. The molecule has 3 saturated heterocycles. The molecule has 0 aromatic carbocycles. The van der Waals surface area contributed by atoms with Crippen molar-refractivity contribution < 1.29 is 13.6 Å². The van der Waals surface area contributed by atoms with Crippen LogP contribution in [-0.4, -0.2) is 41.0 Å². The molecule has 5 nitrogen and oxygen atoms in total. The topological polar surface area (TPSA) is 58.4 Å². The summed E-state index contributed by atoms with van der Waals surface area (Å²) in [5, 5.41) is 3.14. The van der Waals surface area contributed by atoms with E-state index < -0.39 is 5.82 Å². The van der Waals surface area contributed by atoms with Crippen molar-refractivity contribution in [3.05, 3.63) is 42.0 Å². The van der Waals surface area contributed by atoms with Gasteiger partial charge < -0.3 is 9.73 Å². The Morgan fingerprint density at radius 3 is 2.75 bits per heavy atom. The molecule has 0 unspecified atom stereocenters. The van der Waals surface area contributed by atoms with Crippen LogP contribution in [0.3, 0.4) is 0 Å². The molecule has 1 N–H and O–H groups in total. The summed E-state index contributed by atoms with van der Waals surface area (Å²) in [6.45, 7) is 4.42. The molecular weight excluding hydrogens is 309 g/mol. The smallest absolute Gasteiger partial charge is 0.287 e. The van der Waals surface area contributed by atoms with E-state index in [9.17, 15) is 9.18 Å². The van der Waals surface area contributed by atoms with Gasteiger partial charge in [-0.1, -0.05) is 0 Å². The van der Waals surface area contributed by atoms with Gasteiger partial charge in [-0.15, -0.1) is 0 Å². The van der Waals surface area contributed by atoms with Crippen LogP contribution < -0.4 is 5.32 Å². The summed E-state index contributed by atoms with van der Waals surface area (Å²) >= 11 is 0. The summed E-state index contributed by atoms with van der Waals surface area (Å²) in [4.78, 5) is 18.9. The molecule has 5 rings (SSSR count). The minimum absolute atomic E-state index is 0.164. The molecule has 2 atom stereocenters. The van der Waals surface area contributed by atoms with Gasteiger partial charge in [0.2, 0.25) is 0 Å². The van der Waals surface area contributed by atoms with Crippen LogP contribution in [0.4, 0.5) is 4.39 Å². The lowest BCUT2D eigenvalue weighted by Gasteiger charge is -2.49. The lowest BCUT2D eigenvalue weighted by molar-refractivity contribution is 0.0211. The monoisotopic (exact) mass is 329 g/mol. The van der Waals surface area contributed by atoms with Crippen LogP contribution >= 0.6 is 0 Å². The normalized spacial score (nSPS) is 28.8. The summed E-state index contributed by atoms with van der Waals surface area (Å²) in [5.74, 6) is 0.664. The van der Waals surface area contributed by atoms with Crippen LogP contribution in [0.5, 0.6) is 0 Å². The maximum Gasteiger partial charge on any atom is 0.287 e. The molecule has 5 heterocycles. The molecule has 0 aliphatic carbocycles. The molecule has 2 aromatic rings. The summed E-state index contributed by atoms with van der Waals surface area (Å²) in [6.07, 6.45) is 3.41. The van der Waals surface area contributed by atoms with Crippen LogP contribution in [0.1, 0.15) is 30.3 Å². The third-order valence-corrected chi connectivity index (χ3v) is 5.29. The number of hydrogen-bond donors (Lipinski definition) is 1. The number of fused-ring (bicyclic) bond motifs is 3. The highest BCUT2D eigenvalue weighted by Crippen LogP contribution is 2.32. The third kappa shape index (κ3) is 2.71. The number of rotatable bonds is 3. The minimum Gasteiger partial charge on any atom is -0.449 e. The molecular formula is C18H20FN3O2. The zero-order valence-electron chi connectivity index (χ0n) is 13.5. The van der Waals surface area contributed by atoms with Gasteiger partial charge in [0.15, 0.2) is 11.5 Å². The molecule has 3 aliphatic rings. The van der Waals surface area contributed by atoms with Crippen molar-refractivity contribution in [2.75, 3.05) is 13.1 Å². The number of amides is 1. The van der Waals surface area contributed by atoms with Gasteiger partial charge in [-0.2, -0.15) is 0 Å². The highest BCUT2D eigenvalue weighted by molar-refractivity contribution is 5.92. The molecule has 126 valence electrons. The fourth-order valence-electron chi connectivity index (χ4n) is 3.89. The Kier molecular flexibility index (Phi) is 3.84. The second kappa shape index (κ2) is 6.02. The van der Waals surface area contributed by atoms with Crippen molar-refractivity contribution in [1.82, 2.24) is 15.2 Å². The Hall–Kier alpha value is -2.21. The predicted molar refractivity (Wildman–Crippen MR) is 86.9 cm³/mol. The van der Waals surface area contributed by atoms with Gasteiger partial charge in [0.1, 0.15) is 11.5 Å². The fourth-order valence-corrected chi connectivity index (χ4v) is 3.89. The average molecular weight is 329 g/mol. The highest BCUT2D eigenvalue weighted by Gasteiger charge is 2.40. The van der Waals surface area contributed by atoms with Crippen LogP contribution in [-0.2, 0) is 0 Å². The molecule has 6 heteroatoms. The molecule has 24 heavy (non-hydrogen) atoms. The molecule has 0 radical (unpaired) electrons. The SMILES string of the molecule is C[C@H]1[C@H](NC(=O)c2ccc(-c3ccc(F)cn3)o2)C2CCN1CC2. The van der Waals surface area contributed by atoms with Gasteiger partial charge in [-0.25, -0.2) is 9.37 Å². The van der Waals surface area contributed by atoms with E-state index >= 15 is 0 Å². The molecule has 1 amide bonds. The number of nitrogens with zero attached hydrogens (tertiary/aromatic N) is 2. The van der Waals surface area contributed by atoms with Gasteiger partial charge in [-0.05, 0) is 63.0 Å². The van der Waals surface area contributed by atoms with E-state index in [-0.39, 0.29) is 17.7 Å². The summed E-state index contributed by atoms with van der Waals surface area (Å²) < 4.78 is 18.6. The van der Waals surface area contributed by atoms with Crippen molar-refractivity contribution in [2.24, 2.45) is 5.92 Å². The van der Waals surface area contributed by atoms with Gasteiger partial charge in [0.25, 0.3) is 5.91 Å². The molecule has 3 fully saturated rings. The van der Waals surface area contributed by atoms with Gasteiger partial charge in [-0.3, -0.25) is 9.69 Å². The Labute approximate surface area is 139 Å². The number of carbonyl (C=O) groups is 1. The van der Waals surface area contributed by atoms with Gasteiger partial charge >= 0.3 is 0 Å². The summed E-state index contributed by atoms with van der Waals surface area (Å²) in [7, 11) is 0. The number of furan rings is 1. The number of halogens is 1. The Morgan fingerprint density at radius 1 is 1.29 bits per heavy atom. The second-order valence-electron chi connectivity index (χ2n) is 6.64. The minimum atomic E-state index is -0.403. The summed E-state index contributed by atoms with van der Waals surface area (Å²) in [5.41, 5.74) is 0.506. The summed E-state index contributed by atoms with van der Waals surface area (Å²) in [6, 6.07) is 6.70. The standard InChI is InChI=1S/C18H20FN3O2/c1-11-17(12-6-8-22(11)9-7-12)21-18(23)16-5-4-15(24-16)14-3-2-13(19)10-20-14/h2-5,10-12,17H,6-9H2,1H3,(H,21,23)/t11-,17-/m0/s1. The number of aromatic nitrogens is 1. The van der Waals surface area contributed by atoms with Crippen LogP contribution in [0.15, 0.2) is 34.9 Å². The van der Waals surface area contributed by atoms with E-state index in [2.05, 4.69) is 22.1 Å². The quantitative estimate of drug-likeness (QED) is 0.941. The zero-order valence-corrected chi connectivity index (χ0v) is 13.5. The first kappa shape index (κ1) is 15.3. The first-order valence-electron chi connectivity index (χ1n) is 8.38. The third-order valence-electron chi connectivity index (χ3n) is 5.29. The molecule has 2 bridgehead atoms. The second-order valence-corrected chi connectivity index (χ2v) is 6.64. The first-order chi connectivity index (χ1) is 11.6. The molecule has 3 aliphatic heterocycles. The average Bonchev–Trinajstić information content (AvgIpc) is 3.09. The number of carbonyl (C=O) groups excluding carboxylic acids is 1. The van der Waals surface area contributed by atoms with Crippen molar-refractivity contribution >= 4 is 5.91 Å². The van der Waals surface area contributed by atoms with Crippen molar-refractivity contribution in [3.63, 3.8) is 0 Å². The Morgan fingerprint density at radius 2 is 2.08 bits per heavy atom. The largest absolute Gasteiger partial charge is 0.449 e. The van der Waals surface area contributed by atoms with E-state index in [1.807, 2.05) is 0 Å². The van der Waals surface area contributed by atoms with Gasteiger partial charge in [0.05, 0.1) is 6.20 Å². The van der Waals surface area contributed by atoms with E-state index in [1.165, 1.54) is 12.1 Å². The molecule has 2 aromatic heterocycles. The van der Waals surface area contributed by atoms with E-state index in [0.717, 1.165) is 32.1 Å². The van der Waals surface area contributed by atoms with Crippen molar-refractivity contribution in [2.45, 2.75) is 31.8 Å². The predicted octanol–water partition coefficient (Wildman–Crippen LogP) is 2.69. The highest BCUT2D eigenvalue weighted by atomic mass is 19.1. The van der Waals surface area contributed by atoms with Crippen molar-refractivity contribution in [3.8, 4) is 11.5 Å². The zero-order chi connectivity index (χ0) is 16.7. The van der Waals surface area contributed by atoms with E-state index in [0.29, 0.717) is 23.4 Å². The number of piperidine rings is 3. The van der Waals surface area contributed by atoms with Crippen LogP contribution in [0.2, 0.25) is 0 Å². The maximum absolute atomic E-state index is 12.9. The van der Waals surface area contributed by atoms with E-state index in [1.54, 1.807) is 12.1 Å². The number of hydrogen-bond acceptors (Lipinski definition) is 4. The van der Waals surface area contributed by atoms with Crippen molar-refractivity contribution in [1.29, 1.82) is 0 Å². The van der Waals surface area contributed by atoms with Crippen LogP contribution in [0.25, 0.3) is 11.5 Å². The Balaban J connectivity index is 1.48. The lowest BCUT2D eigenvalue weighted by Crippen LogP contribution is -2.62. The maximum atomic E-state index is 12.9. The lowest BCUT2D eigenvalue weighted by atomic mass is 9.79. The number of nitrogens with one attached hydrogen (secondary N) is 1. The molecule has 0 spiro atoms. The van der Waals surface area contributed by atoms with Crippen LogP contribution in [0, 0.1) is 11.7 Å². The first-order valence-corrected chi connectivity index (χ1v) is 8.38.